The first-order valence-electron chi connectivity index (χ1n) is 6.72. The minimum atomic E-state index is 0.250. The van der Waals surface area contributed by atoms with Crippen molar-refractivity contribution in [2.24, 2.45) is 0 Å². The number of aryl methyl sites for hydroxylation is 1. The molecule has 1 atom stereocenters. The molecule has 0 aliphatic carbocycles. The molecule has 0 N–H and O–H groups in total. The van der Waals surface area contributed by atoms with Crippen molar-refractivity contribution in [2.45, 2.75) is 39.0 Å². The Hall–Kier alpha value is -1.31. The van der Waals surface area contributed by atoms with Gasteiger partial charge in [-0.2, -0.15) is 4.98 Å². The first-order valence-corrected chi connectivity index (χ1v) is 7.60. The number of hydrogen-bond acceptors (Lipinski definition) is 7. The van der Waals surface area contributed by atoms with Gasteiger partial charge in [-0.25, -0.2) is 4.98 Å². The maximum absolute atomic E-state index is 5.11. The Morgan fingerprint density at radius 3 is 3.15 bits per heavy atom. The van der Waals surface area contributed by atoms with Crippen LogP contribution in [0.4, 0.5) is 0 Å². The molecule has 7 heteroatoms. The minimum absolute atomic E-state index is 0.250. The zero-order chi connectivity index (χ0) is 13.9. The third-order valence-electron chi connectivity index (χ3n) is 3.44. The van der Waals surface area contributed by atoms with Crippen LogP contribution >= 0.6 is 11.3 Å². The molecular weight excluding hydrogens is 276 g/mol. The predicted molar refractivity (Wildman–Crippen MR) is 74.2 cm³/mol. The summed E-state index contributed by atoms with van der Waals surface area (Å²) in [5.41, 5.74) is 1.09. The highest BCUT2D eigenvalue weighted by Crippen LogP contribution is 2.31. The lowest BCUT2D eigenvalue weighted by molar-refractivity contribution is 0.184. The molecule has 1 aliphatic rings. The van der Waals surface area contributed by atoms with E-state index in [1.807, 2.05) is 6.92 Å². The van der Waals surface area contributed by atoms with E-state index in [0.717, 1.165) is 42.5 Å². The molecule has 0 radical (unpaired) electrons. The maximum atomic E-state index is 5.11. The average molecular weight is 294 g/mol. The van der Waals surface area contributed by atoms with Crippen LogP contribution in [0.2, 0.25) is 0 Å². The number of thiazole rings is 1. The van der Waals surface area contributed by atoms with Gasteiger partial charge in [0.25, 0.3) is 0 Å². The third kappa shape index (κ3) is 2.89. The second kappa shape index (κ2) is 5.99. The first kappa shape index (κ1) is 13.7. The summed E-state index contributed by atoms with van der Waals surface area (Å²) in [7, 11) is 1.69. The molecule has 0 unspecified atom stereocenters. The average Bonchev–Trinajstić information content (AvgIpc) is 3.12. The van der Waals surface area contributed by atoms with E-state index in [-0.39, 0.29) is 6.04 Å². The summed E-state index contributed by atoms with van der Waals surface area (Å²) in [6.07, 6.45) is 2.24. The molecule has 2 aromatic rings. The van der Waals surface area contributed by atoms with Crippen molar-refractivity contribution in [3.8, 4) is 0 Å². The quantitative estimate of drug-likeness (QED) is 0.843. The fourth-order valence-corrected chi connectivity index (χ4v) is 3.33. The Kier molecular flexibility index (Phi) is 4.09. The lowest BCUT2D eigenvalue weighted by atomic mass is 10.2. The Morgan fingerprint density at radius 2 is 2.40 bits per heavy atom. The highest BCUT2D eigenvalue weighted by molar-refractivity contribution is 7.09. The summed E-state index contributed by atoms with van der Waals surface area (Å²) >= 11 is 1.65. The van der Waals surface area contributed by atoms with Gasteiger partial charge in [-0.1, -0.05) is 5.16 Å². The van der Waals surface area contributed by atoms with E-state index in [9.17, 15) is 0 Å². The number of methoxy groups -OCH3 is 1. The van der Waals surface area contributed by atoms with E-state index in [2.05, 4.69) is 25.4 Å². The smallest absolute Gasteiger partial charge is 0.223 e. The summed E-state index contributed by atoms with van der Waals surface area (Å²) < 4.78 is 10.2. The summed E-state index contributed by atoms with van der Waals surface area (Å²) in [5.74, 6) is 1.43. The fourth-order valence-electron chi connectivity index (χ4n) is 2.58. The molecule has 1 aliphatic heterocycles. The minimum Gasteiger partial charge on any atom is -0.378 e. The number of aromatic nitrogens is 3. The Balaban J connectivity index is 1.69. The van der Waals surface area contributed by atoms with E-state index in [0.29, 0.717) is 12.5 Å². The van der Waals surface area contributed by atoms with Crippen LogP contribution in [-0.4, -0.2) is 33.7 Å². The zero-order valence-corrected chi connectivity index (χ0v) is 12.5. The van der Waals surface area contributed by atoms with Gasteiger partial charge >= 0.3 is 0 Å². The van der Waals surface area contributed by atoms with Crippen LogP contribution in [0.5, 0.6) is 0 Å². The molecule has 1 saturated heterocycles. The number of rotatable bonds is 5. The number of likely N-dealkylation sites (tertiary alicyclic amines) is 1. The molecular formula is C13H18N4O2S. The van der Waals surface area contributed by atoms with Gasteiger partial charge < -0.3 is 9.26 Å². The lowest BCUT2D eigenvalue weighted by Gasteiger charge is -2.20. The highest BCUT2D eigenvalue weighted by atomic mass is 32.1. The molecule has 20 heavy (non-hydrogen) atoms. The van der Waals surface area contributed by atoms with E-state index in [4.69, 9.17) is 9.26 Å². The predicted octanol–water partition coefficient (Wildman–Crippen LogP) is 2.32. The van der Waals surface area contributed by atoms with Gasteiger partial charge in [0, 0.05) is 26.0 Å². The number of nitrogens with zero attached hydrogens (tertiary/aromatic N) is 4. The van der Waals surface area contributed by atoms with Crippen LogP contribution in [-0.2, 0) is 17.9 Å². The molecule has 0 bridgehead atoms. The standard InChI is InChI=1S/C13H18N4O2S/c1-9-14-13(16-19-9)11-4-3-5-17(11)6-10-8-20-12(15-10)7-18-2/h8,11H,3-7H2,1-2H3/t11-/m0/s1. The summed E-state index contributed by atoms with van der Waals surface area (Å²) in [6.45, 7) is 4.29. The fraction of sp³-hybridized carbons (Fsp3) is 0.615. The van der Waals surface area contributed by atoms with Crippen LogP contribution in [0.3, 0.4) is 0 Å². The third-order valence-corrected chi connectivity index (χ3v) is 4.31. The van der Waals surface area contributed by atoms with Crippen LogP contribution in [0.15, 0.2) is 9.90 Å². The van der Waals surface area contributed by atoms with Gasteiger partial charge in [-0.3, -0.25) is 4.90 Å². The van der Waals surface area contributed by atoms with Crippen LogP contribution in [0, 0.1) is 6.92 Å². The number of hydrogen-bond donors (Lipinski definition) is 0. The lowest BCUT2D eigenvalue weighted by Crippen LogP contribution is -2.23. The molecule has 0 saturated carbocycles. The van der Waals surface area contributed by atoms with E-state index in [1.165, 1.54) is 0 Å². The normalized spacial score (nSPS) is 19.8. The van der Waals surface area contributed by atoms with Crippen molar-refractivity contribution in [1.29, 1.82) is 0 Å². The van der Waals surface area contributed by atoms with Gasteiger partial charge in [-0.05, 0) is 19.4 Å². The topological polar surface area (TPSA) is 64.3 Å². The molecule has 0 amide bonds. The van der Waals surface area contributed by atoms with Crippen molar-refractivity contribution in [2.75, 3.05) is 13.7 Å². The molecule has 1 fully saturated rings. The van der Waals surface area contributed by atoms with Gasteiger partial charge in [0.15, 0.2) is 5.82 Å². The Morgan fingerprint density at radius 1 is 1.50 bits per heavy atom. The Labute approximate surface area is 121 Å². The largest absolute Gasteiger partial charge is 0.378 e. The van der Waals surface area contributed by atoms with Gasteiger partial charge in [0.05, 0.1) is 18.3 Å². The molecule has 3 rings (SSSR count). The second-order valence-corrected chi connectivity index (χ2v) is 5.91. The van der Waals surface area contributed by atoms with E-state index >= 15 is 0 Å². The highest BCUT2D eigenvalue weighted by Gasteiger charge is 2.30. The zero-order valence-electron chi connectivity index (χ0n) is 11.7. The van der Waals surface area contributed by atoms with Crippen LogP contribution in [0.1, 0.15) is 41.3 Å². The summed E-state index contributed by atoms with van der Waals surface area (Å²) in [6, 6.07) is 0.250. The van der Waals surface area contributed by atoms with Crippen molar-refractivity contribution >= 4 is 11.3 Å². The molecule has 6 nitrogen and oxygen atoms in total. The SMILES string of the molecule is COCc1nc(CN2CCC[C@H]2c2noc(C)n2)cs1. The van der Waals surface area contributed by atoms with Gasteiger partial charge in [0.2, 0.25) is 5.89 Å². The monoisotopic (exact) mass is 294 g/mol. The van der Waals surface area contributed by atoms with E-state index < -0.39 is 0 Å². The van der Waals surface area contributed by atoms with Crippen molar-refractivity contribution in [1.82, 2.24) is 20.0 Å². The van der Waals surface area contributed by atoms with Gasteiger partial charge in [0.1, 0.15) is 5.01 Å². The molecule has 108 valence electrons. The van der Waals surface area contributed by atoms with Gasteiger partial charge in [-0.15, -0.1) is 11.3 Å². The first-order chi connectivity index (χ1) is 9.76. The summed E-state index contributed by atoms with van der Waals surface area (Å²) in [5, 5.41) is 7.18. The maximum Gasteiger partial charge on any atom is 0.223 e. The van der Waals surface area contributed by atoms with Crippen LogP contribution < -0.4 is 0 Å². The second-order valence-electron chi connectivity index (χ2n) is 4.97. The Bertz CT molecular complexity index is 568. The van der Waals surface area contributed by atoms with Crippen molar-refractivity contribution in [3.05, 3.63) is 27.8 Å². The summed E-state index contributed by atoms with van der Waals surface area (Å²) in [4.78, 5) is 11.3. The van der Waals surface area contributed by atoms with Crippen LogP contribution in [0.25, 0.3) is 0 Å². The molecule has 0 spiro atoms. The molecule has 2 aromatic heterocycles. The molecule has 0 aromatic carbocycles. The van der Waals surface area contributed by atoms with Crippen molar-refractivity contribution < 1.29 is 9.26 Å². The van der Waals surface area contributed by atoms with Crippen molar-refractivity contribution in [3.63, 3.8) is 0 Å². The van der Waals surface area contributed by atoms with E-state index in [1.54, 1.807) is 18.4 Å². The molecule has 3 heterocycles. The number of ether oxygens (including phenoxy) is 1.